The summed E-state index contributed by atoms with van der Waals surface area (Å²) in [7, 11) is 1.47. The van der Waals surface area contributed by atoms with Crippen molar-refractivity contribution in [3.63, 3.8) is 0 Å². The molecule has 1 atom stereocenters. The topological polar surface area (TPSA) is 66.8 Å². The van der Waals surface area contributed by atoms with Gasteiger partial charge in [0.2, 0.25) is 0 Å². The number of aromatic hydroxyl groups is 1. The minimum absolute atomic E-state index is 0.00132. The van der Waals surface area contributed by atoms with E-state index in [0.29, 0.717) is 11.3 Å². The number of carbonyl (C=O) groups is 1. The average molecular weight is 300 g/mol. The lowest BCUT2D eigenvalue weighted by molar-refractivity contribution is -0.138. The number of phenols is 1. The van der Waals surface area contributed by atoms with Gasteiger partial charge in [-0.2, -0.15) is 0 Å². The molecule has 2 N–H and O–H groups in total. The highest BCUT2D eigenvalue weighted by molar-refractivity contribution is 5.76. The second kappa shape index (κ2) is 6.98. The molecule has 0 radical (unpaired) electrons. The van der Waals surface area contributed by atoms with E-state index >= 15 is 0 Å². The molecule has 2 aromatic rings. The first-order valence-corrected chi connectivity index (χ1v) is 7.23. The highest BCUT2D eigenvalue weighted by Gasteiger charge is 2.22. The van der Waals surface area contributed by atoms with E-state index in [1.165, 1.54) is 7.11 Å². The molecule has 0 heterocycles. The molecule has 4 nitrogen and oxygen atoms in total. The Bertz CT molecular complexity index is 647. The van der Waals surface area contributed by atoms with Gasteiger partial charge in [-0.3, -0.25) is 4.79 Å². The van der Waals surface area contributed by atoms with Gasteiger partial charge in [-0.05, 0) is 35.6 Å². The van der Waals surface area contributed by atoms with E-state index < -0.39 is 11.9 Å². The largest absolute Gasteiger partial charge is 0.504 e. The number of carboxylic acid groups (broad SMARTS) is 1. The second-order valence-corrected chi connectivity index (χ2v) is 5.16. The summed E-state index contributed by atoms with van der Waals surface area (Å²) in [6.45, 7) is 2.05. The summed E-state index contributed by atoms with van der Waals surface area (Å²) in [4.78, 5) is 11.6. The predicted molar refractivity (Wildman–Crippen MR) is 84.6 cm³/mol. The molecule has 0 aromatic heterocycles. The third-order valence-electron chi connectivity index (χ3n) is 3.81. The van der Waals surface area contributed by atoms with Crippen molar-refractivity contribution in [1.29, 1.82) is 0 Å². The van der Waals surface area contributed by atoms with Crippen LogP contribution in [-0.4, -0.2) is 23.3 Å². The smallest absolute Gasteiger partial charge is 0.311 e. The first kappa shape index (κ1) is 15.9. The standard InChI is InChI=1S/C18H20O4/c1-3-12-7-9-13(10-8-12)15(18(20)21)11-14-5-4-6-16(22-2)17(14)19/h4-10,15,19H,3,11H2,1-2H3,(H,20,21). The van der Waals surface area contributed by atoms with E-state index in [4.69, 9.17) is 4.74 Å². The molecule has 0 spiro atoms. The van der Waals surface area contributed by atoms with Crippen LogP contribution in [0.4, 0.5) is 0 Å². The van der Waals surface area contributed by atoms with Gasteiger partial charge in [0.05, 0.1) is 13.0 Å². The zero-order valence-electron chi connectivity index (χ0n) is 12.7. The first-order chi connectivity index (χ1) is 10.6. The Morgan fingerprint density at radius 2 is 1.86 bits per heavy atom. The van der Waals surface area contributed by atoms with Gasteiger partial charge in [-0.25, -0.2) is 0 Å². The van der Waals surface area contributed by atoms with E-state index in [0.717, 1.165) is 17.5 Å². The summed E-state index contributed by atoms with van der Waals surface area (Å²) in [6.07, 6.45) is 1.12. The molecule has 0 aliphatic heterocycles. The molecule has 1 unspecified atom stereocenters. The van der Waals surface area contributed by atoms with Gasteiger partial charge in [0, 0.05) is 0 Å². The number of hydrogen-bond acceptors (Lipinski definition) is 3. The number of ether oxygens (including phenoxy) is 1. The van der Waals surface area contributed by atoms with E-state index in [2.05, 4.69) is 6.92 Å². The monoisotopic (exact) mass is 300 g/mol. The fourth-order valence-corrected chi connectivity index (χ4v) is 2.45. The average Bonchev–Trinajstić information content (AvgIpc) is 2.54. The number of carboxylic acids is 1. The number of rotatable bonds is 6. The van der Waals surface area contributed by atoms with Crippen LogP contribution in [0.25, 0.3) is 0 Å². The van der Waals surface area contributed by atoms with Gasteiger partial charge in [-0.15, -0.1) is 0 Å². The van der Waals surface area contributed by atoms with Gasteiger partial charge >= 0.3 is 5.97 Å². The van der Waals surface area contributed by atoms with Crippen LogP contribution in [0.2, 0.25) is 0 Å². The Balaban J connectivity index is 2.31. The molecule has 2 rings (SSSR count). The van der Waals surface area contributed by atoms with Crippen LogP contribution in [0.15, 0.2) is 42.5 Å². The molecule has 0 fully saturated rings. The summed E-state index contributed by atoms with van der Waals surface area (Å²) < 4.78 is 5.07. The number of para-hydroxylation sites is 1. The van der Waals surface area contributed by atoms with Crippen molar-refractivity contribution in [1.82, 2.24) is 0 Å². The van der Waals surface area contributed by atoms with Crippen LogP contribution in [0.5, 0.6) is 11.5 Å². The van der Waals surface area contributed by atoms with E-state index in [-0.39, 0.29) is 12.2 Å². The van der Waals surface area contributed by atoms with Gasteiger partial charge in [0.1, 0.15) is 0 Å². The fraction of sp³-hybridized carbons (Fsp3) is 0.278. The number of benzene rings is 2. The summed E-state index contributed by atoms with van der Waals surface area (Å²) in [6, 6.07) is 12.7. The molecule has 2 aromatic carbocycles. The van der Waals surface area contributed by atoms with Crippen LogP contribution in [-0.2, 0) is 17.6 Å². The Morgan fingerprint density at radius 1 is 1.18 bits per heavy atom. The summed E-state index contributed by atoms with van der Waals surface area (Å²) >= 11 is 0. The lowest BCUT2D eigenvalue weighted by atomic mass is 9.91. The van der Waals surface area contributed by atoms with Crippen LogP contribution in [0, 0.1) is 0 Å². The highest BCUT2D eigenvalue weighted by Crippen LogP contribution is 2.33. The Kier molecular flexibility index (Phi) is 5.04. The second-order valence-electron chi connectivity index (χ2n) is 5.16. The predicted octanol–water partition coefficient (Wildman–Crippen LogP) is 3.37. The zero-order chi connectivity index (χ0) is 16.1. The zero-order valence-corrected chi connectivity index (χ0v) is 12.7. The van der Waals surface area contributed by atoms with Crippen LogP contribution in [0.1, 0.15) is 29.5 Å². The third-order valence-corrected chi connectivity index (χ3v) is 3.81. The Morgan fingerprint density at radius 3 is 2.41 bits per heavy atom. The fourth-order valence-electron chi connectivity index (χ4n) is 2.45. The SMILES string of the molecule is CCc1ccc(C(Cc2cccc(OC)c2O)C(=O)O)cc1. The molecule has 0 amide bonds. The normalized spacial score (nSPS) is 11.9. The van der Waals surface area contributed by atoms with Crippen LogP contribution >= 0.6 is 0 Å². The molecule has 0 saturated carbocycles. The van der Waals surface area contributed by atoms with E-state index in [1.807, 2.05) is 24.3 Å². The first-order valence-electron chi connectivity index (χ1n) is 7.23. The molecule has 116 valence electrons. The summed E-state index contributed by atoms with van der Waals surface area (Å²) in [5.41, 5.74) is 2.45. The van der Waals surface area contributed by atoms with Gasteiger partial charge in [-0.1, -0.05) is 43.3 Å². The van der Waals surface area contributed by atoms with Crippen molar-refractivity contribution in [3.8, 4) is 11.5 Å². The number of aliphatic carboxylic acids is 1. The van der Waals surface area contributed by atoms with Crippen molar-refractivity contribution in [2.75, 3.05) is 7.11 Å². The minimum Gasteiger partial charge on any atom is -0.504 e. The maximum absolute atomic E-state index is 11.6. The Labute approximate surface area is 130 Å². The van der Waals surface area contributed by atoms with Crippen LogP contribution < -0.4 is 4.74 Å². The summed E-state index contributed by atoms with van der Waals surface area (Å²) in [5.74, 6) is -1.26. The maximum Gasteiger partial charge on any atom is 0.311 e. The molecule has 0 aliphatic rings. The van der Waals surface area contributed by atoms with Crippen molar-refractivity contribution >= 4 is 5.97 Å². The van der Waals surface area contributed by atoms with Crippen LogP contribution in [0.3, 0.4) is 0 Å². The molecule has 4 heteroatoms. The third kappa shape index (κ3) is 3.39. The van der Waals surface area contributed by atoms with E-state index in [9.17, 15) is 15.0 Å². The van der Waals surface area contributed by atoms with Crippen molar-refractivity contribution in [3.05, 3.63) is 59.2 Å². The molecular formula is C18H20O4. The molecule has 0 aliphatic carbocycles. The lowest BCUT2D eigenvalue weighted by Gasteiger charge is -2.15. The van der Waals surface area contributed by atoms with E-state index in [1.54, 1.807) is 18.2 Å². The number of phenolic OH excluding ortho intramolecular Hbond substituents is 1. The minimum atomic E-state index is -0.911. The lowest BCUT2D eigenvalue weighted by Crippen LogP contribution is -2.14. The number of methoxy groups -OCH3 is 1. The van der Waals surface area contributed by atoms with Crippen molar-refractivity contribution < 1.29 is 19.7 Å². The van der Waals surface area contributed by atoms with Gasteiger partial charge in [0.25, 0.3) is 0 Å². The van der Waals surface area contributed by atoms with Crippen molar-refractivity contribution in [2.24, 2.45) is 0 Å². The quantitative estimate of drug-likeness (QED) is 0.858. The molecule has 22 heavy (non-hydrogen) atoms. The molecule has 0 bridgehead atoms. The number of aryl methyl sites for hydroxylation is 1. The molecular weight excluding hydrogens is 280 g/mol. The van der Waals surface area contributed by atoms with Gasteiger partial charge in [0.15, 0.2) is 11.5 Å². The van der Waals surface area contributed by atoms with Crippen molar-refractivity contribution in [2.45, 2.75) is 25.7 Å². The Hall–Kier alpha value is -2.49. The summed E-state index contributed by atoms with van der Waals surface area (Å²) in [5, 5.41) is 19.6. The maximum atomic E-state index is 11.6. The highest BCUT2D eigenvalue weighted by atomic mass is 16.5. The number of hydrogen-bond donors (Lipinski definition) is 2. The molecule has 0 saturated heterocycles. The van der Waals surface area contributed by atoms with Gasteiger partial charge < -0.3 is 14.9 Å².